The number of thiophene rings is 1. The Morgan fingerprint density at radius 2 is 2.28 bits per heavy atom. The number of aromatic nitrogens is 2. The highest BCUT2D eigenvalue weighted by Gasteiger charge is 2.10. The van der Waals surface area contributed by atoms with Crippen LogP contribution in [0.5, 0.6) is 0 Å². The number of aryl methyl sites for hydroxylation is 1. The fourth-order valence-corrected chi connectivity index (χ4v) is 2.67. The minimum atomic E-state index is -0.0765. The van der Waals surface area contributed by atoms with Gasteiger partial charge in [-0.05, 0) is 31.5 Å². The molecule has 7 heteroatoms. The van der Waals surface area contributed by atoms with E-state index >= 15 is 0 Å². The largest absolute Gasteiger partial charge is 0.360 e. The third-order valence-electron chi connectivity index (χ3n) is 2.28. The minimum absolute atomic E-state index is 0.0765. The van der Waals surface area contributed by atoms with Crippen molar-refractivity contribution in [2.75, 3.05) is 18.4 Å². The van der Waals surface area contributed by atoms with Gasteiger partial charge in [0.1, 0.15) is 10.6 Å². The molecular weight excluding hydrogens is 272 g/mol. The van der Waals surface area contributed by atoms with Crippen molar-refractivity contribution in [3.8, 4) is 0 Å². The predicted octanol–water partition coefficient (Wildman–Crippen LogP) is 2.20. The average Bonchev–Trinajstić information content (AvgIpc) is 2.66. The molecule has 0 saturated carbocycles. The standard InChI is InChI=1S/C11H13ClN4OS/c1-3-13-8(17)5-14-9-7-4-6(2)18-10(7)16-11(12)15-9/h4H,3,5H2,1-2H3,(H,13,17)(H,14,15,16). The highest BCUT2D eigenvalue weighted by molar-refractivity contribution is 7.18. The molecule has 96 valence electrons. The van der Waals surface area contributed by atoms with Crippen LogP contribution in [0.15, 0.2) is 6.07 Å². The second kappa shape index (κ2) is 5.49. The number of nitrogens with one attached hydrogen (secondary N) is 2. The molecule has 0 radical (unpaired) electrons. The summed E-state index contributed by atoms with van der Waals surface area (Å²) < 4.78 is 0. The quantitative estimate of drug-likeness (QED) is 0.845. The number of rotatable bonds is 4. The van der Waals surface area contributed by atoms with E-state index in [4.69, 9.17) is 11.6 Å². The lowest BCUT2D eigenvalue weighted by Gasteiger charge is -2.06. The van der Waals surface area contributed by atoms with Gasteiger partial charge in [0.25, 0.3) is 0 Å². The second-order valence-corrected chi connectivity index (χ2v) is 5.30. The third kappa shape index (κ3) is 2.88. The third-order valence-corrected chi connectivity index (χ3v) is 3.39. The molecule has 0 aliphatic carbocycles. The van der Waals surface area contributed by atoms with Crippen molar-refractivity contribution >= 4 is 44.9 Å². The van der Waals surface area contributed by atoms with Gasteiger partial charge < -0.3 is 10.6 Å². The van der Waals surface area contributed by atoms with E-state index in [9.17, 15) is 4.79 Å². The molecule has 0 saturated heterocycles. The van der Waals surface area contributed by atoms with Crippen LogP contribution in [0, 0.1) is 6.92 Å². The van der Waals surface area contributed by atoms with E-state index in [1.165, 1.54) is 0 Å². The van der Waals surface area contributed by atoms with Gasteiger partial charge in [-0.25, -0.2) is 9.97 Å². The number of halogens is 1. The van der Waals surface area contributed by atoms with E-state index in [2.05, 4.69) is 20.6 Å². The molecule has 0 aliphatic rings. The van der Waals surface area contributed by atoms with Crippen molar-refractivity contribution in [1.29, 1.82) is 0 Å². The molecule has 0 aliphatic heterocycles. The van der Waals surface area contributed by atoms with Crippen LogP contribution in [-0.4, -0.2) is 29.0 Å². The maximum atomic E-state index is 11.4. The summed E-state index contributed by atoms with van der Waals surface area (Å²) in [6.45, 7) is 4.65. The van der Waals surface area contributed by atoms with Crippen LogP contribution >= 0.6 is 22.9 Å². The van der Waals surface area contributed by atoms with Gasteiger partial charge in [-0.15, -0.1) is 11.3 Å². The Hall–Kier alpha value is -1.40. The maximum Gasteiger partial charge on any atom is 0.239 e. The van der Waals surface area contributed by atoms with E-state index in [1.54, 1.807) is 11.3 Å². The SMILES string of the molecule is CCNC(=O)CNc1nc(Cl)nc2sc(C)cc12. The van der Waals surface area contributed by atoms with Gasteiger partial charge in [0.2, 0.25) is 11.2 Å². The molecule has 1 amide bonds. The Balaban J connectivity index is 2.24. The number of fused-ring (bicyclic) bond motifs is 1. The normalized spacial score (nSPS) is 10.6. The van der Waals surface area contributed by atoms with Gasteiger partial charge in [0.05, 0.1) is 11.9 Å². The van der Waals surface area contributed by atoms with Crippen LogP contribution in [-0.2, 0) is 4.79 Å². The molecule has 2 heterocycles. The van der Waals surface area contributed by atoms with E-state index < -0.39 is 0 Å². The zero-order valence-electron chi connectivity index (χ0n) is 10.1. The Bertz CT molecular complexity index is 584. The number of hydrogen-bond acceptors (Lipinski definition) is 5. The molecule has 0 spiro atoms. The fraction of sp³-hybridized carbons (Fsp3) is 0.364. The number of carbonyl (C=O) groups is 1. The van der Waals surface area contributed by atoms with Crippen LogP contribution in [0.1, 0.15) is 11.8 Å². The molecule has 0 atom stereocenters. The molecule has 0 fully saturated rings. The van der Waals surface area contributed by atoms with Crippen LogP contribution in [0.3, 0.4) is 0 Å². The van der Waals surface area contributed by atoms with Gasteiger partial charge in [-0.1, -0.05) is 0 Å². The monoisotopic (exact) mass is 284 g/mol. The highest BCUT2D eigenvalue weighted by atomic mass is 35.5. The van der Waals surface area contributed by atoms with Gasteiger partial charge >= 0.3 is 0 Å². The van der Waals surface area contributed by atoms with Crippen molar-refractivity contribution in [3.05, 3.63) is 16.2 Å². The van der Waals surface area contributed by atoms with Gasteiger partial charge in [-0.2, -0.15) is 0 Å². The first-order valence-corrected chi connectivity index (χ1v) is 6.74. The van der Waals surface area contributed by atoms with Crippen molar-refractivity contribution in [1.82, 2.24) is 15.3 Å². The average molecular weight is 285 g/mol. The number of amides is 1. The first-order chi connectivity index (χ1) is 8.60. The van der Waals surface area contributed by atoms with Gasteiger partial charge in [0, 0.05) is 11.4 Å². The number of carbonyl (C=O) groups excluding carboxylic acids is 1. The zero-order chi connectivity index (χ0) is 13.1. The van der Waals surface area contributed by atoms with Crippen LogP contribution in [0.2, 0.25) is 5.28 Å². The summed E-state index contributed by atoms with van der Waals surface area (Å²) in [4.78, 5) is 21.6. The van der Waals surface area contributed by atoms with Gasteiger partial charge in [0.15, 0.2) is 0 Å². The molecule has 0 unspecified atom stereocenters. The predicted molar refractivity (Wildman–Crippen MR) is 74.3 cm³/mol. The van der Waals surface area contributed by atoms with Crippen LogP contribution in [0.25, 0.3) is 10.2 Å². The number of hydrogen-bond donors (Lipinski definition) is 2. The van der Waals surface area contributed by atoms with Crippen molar-refractivity contribution in [2.24, 2.45) is 0 Å². The number of nitrogens with zero attached hydrogens (tertiary/aromatic N) is 2. The van der Waals surface area contributed by atoms with Gasteiger partial charge in [-0.3, -0.25) is 4.79 Å². The van der Waals surface area contributed by atoms with Crippen molar-refractivity contribution in [3.63, 3.8) is 0 Å². The van der Waals surface area contributed by atoms with Crippen LogP contribution < -0.4 is 10.6 Å². The van der Waals surface area contributed by atoms with E-state index in [1.807, 2.05) is 19.9 Å². The first-order valence-electron chi connectivity index (χ1n) is 5.54. The van der Waals surface area contributed by atoms with Crippen LogP contribution in [0.4, 0.5) is 5.82 Å². The minimum Gasteiger partial charge on any atom is -0.360 e. The summed E-state index contributed by atoms with van der Waals surface area (Å²) >= 11 is 7.40. The second-order valence-electron chi connectivity index (χ2n) is 3.72. The molecule has 5 nitrogen and oxygen atoms in total. The van der Waals surface area contributed by atoms with E-state index in [0.29, 0.717) is 12.4 Å². The van der Waals surface area contributed by atoms with Crippen molar-refractivity contribution in [2.45, 2.75) is 13.8 Å². The molecular formula is C11H13ClN4OS. The molecule has 2 aromatic rings. The summed E-state index contributed by atoms with van der Waals surface area (Å²) in [6.07, 6.45) is 0. The molecule has 0 bridgehead atoms. The lowest BCUT2D eigenvalue weighted by atomic mass is 10.3. The lowest BCUT2D eigenvalue weighted by Crippen LogP contribution is -2.29. The highest BCUT2D eigenvalue weighted by Crippen LogP contribution is 2.29. The summed E-state index contributed by atoms with van der Waals surface area (Å²) in [7, 11) is 0. The molecule has 2 N–H and O–H groups in total. The Kier molecular flexibility index (Phi) is 3.98. The summed E-state index contributed by atoms with van der Waals surface area (Å²) in [5.74, 6) is 0.521. The molecule has 0 aromatic carbocycles. The Morgan fingerprint density at radius 3 is 3.00 bits per heavy atom. The molecule has 18 heavy (non-hydrogen) atoms. The smallest absolute Gasteiger partial charge is 0.239 e. The summed E-state index contributed by atoms with van der Waals surface area (Å²) in [5, 5.41) is 6.77. The molecule has 2 rings (SSSR count). The summed E-state index contributed by atoms with van der Waals surface area (Å²) in [6, 6.07) is 1.98. The number of anilines is 1. The fourth-order valence-electron chi connectivity index (χ4n) is 1.57. The topological polar surface area (TPSA) is 66.9 Å². The lowest BCUT2D eigenvalue weighted by molar-refractivity contribution is -0.119. The maximum absolute atomic E-state index is 11.4. The molecule has 2 aromatic heterocycles. The van der Waals surface area contributed by atoms with E-state index in [0.717, 1.165) is 15.1 Å². The summed E-state index contributed by atoms with van der Waals surface area (Å²) in [5.41, 5.74) is 0. The Morgan fingerprint density at radius 1 is 1.50 bits per heavy atom. The first kappa shape index (κ1) is 13.0. The Labute approximate surface area is 114 Å². The zero-order valence-corrected chi connectivity index (χ0v) is 11.7. The van der Waals surface area contributed by atoms with Crippen molar-refractivity contribution < 1.29 is 4.79 Å². The number of likely N-dealkylation sites (N-methyl/N-ethyl adjacent to an activating group) is 1. The van der Waals surface area contributed by atoms with E-state index in [-0.39, 0.29) is 17.7 Å².